The molecular weight excluding hydrogens is 250 g/mol. The number of hydrogen-bond donors (Lipinski definition) is 2. The van der Waals surface area contributed by atoms with Gasteiger partial charge in [-0.3, -0.25) is 0 Å². The standard InChI is InChI=1S/C13H22ClN3O/c1-3-5-11-12(14)16-9-17-13(11)15-7-4-6-10(2)8-18/h9-10,18H,3-8H2,1-2H3,(H,15,16,17). The molecule has 0 aromatic carbocycles. The molecule has 0 aliphatic carbocycles. The Labute approximate surface area is 114 Å². The van der Waals surface area contributed by atoms with E-state index in [9.17, 15) is 0 Å². The van der Waals surface area contributed by atoms with E-state index >= 15 is 0 Å². The van der Waals surface area contributed by atoms with Gasteiger partial charge in [0.05, 0.1) is 0 Å². The molecule has 0 bridgehead atoms. The zero-order valence-corrected chi connectivity index (χ0v) is 11.9. The van der Waals surface area contributed by atoms with Crippen molar-refractivity contribution in [2.45, 2.75) is 39.5 Å². The van der Waals surface area contributed by atoms with E-state index in [1.807, 2.05) is 6.92 Å². The Hall–Kier alpha value is -0.870. The largest absolute Gasteiger partial charge is 0.396 e. The second-order valence-electron chi connectivity index (χ2n) is 4.60. The maximum Gasteiger partial charge on any atom is 0.137 e. The minimum absolute atomic E-state index is 0.250. The van der Waals surface area contributed by atoms with E-state index in [0.717, 1.165) is 43.6 Å². The van der Waals surface area contributed by atoms with Gasteiger partial charge in [0.15, 0.2) is 0 Å². The minimum atomic E-state index is 0.250. The van der Waals surface area contributed by atoms with E-state index < -0.39 is 0 Å². The third-order valence-corrected chi connectivity index (χ3v) is 3.20. The third kappa shape index (κ3) is 4.78. The highest BCUT2D eigenvalue weighted by Gasteiger charge is 2.08. The fourth-order valence-corrected chi connectivity index (χ4v) is 1.99. The van der Waals surface area contributed by atoms with Gasteiger partial charge in [0, 0.05) is 18.7 Å². The van der Waals surface area contributed by atoms with Gasteiger partial charge >= 0.3 is 0 Å². The Kier molecular flexibility index (Phi) is 6.98. The summed E-state index contributed by atoms with van der Waals surface area (Å²) in [6, 6.07) is 0. The van der Waals surface area contributed by atoms with Gasteiger partial charge in [-0.25, -0.2) is 9.97 Å². The quantitative estimate of drug-likeness (QED) is 0.564. The number of aliphatic hydroxyl groups is 1. The number of anilines is 1. The Bertz CT molecular complexity index is 360. The van der Waals surface area contributed by atoms with E-state index in [-0.39, 0.29) is 6.61 Å². The Morgan fingerprint density at radius 1 is 1.44 bits per heavy atom. The molecule has 1 heterocycles. The van der Waals surface area contributed by atoms with E-state index in [1.54, 1.807) is 0 Å². The topological polar surface area (TPSA) is 58.0 Å². The second kappa shape index (κ2) is 8.27. The SMILES string of the molecule is CCCc1c(Cl)ncnc1NCCCC(C)CO. The number of hydrogen-bond acceptors (Lipinski definition) is 4. The summed E-state index contributed by atoms with van der Waals surface area (Å²) < 4.78 is 0. The van der Waals surface area contributed by atoms with Crippen LogP contribution in [0.5, 0.6) is 0 Å². The zero-order chi connectivity index (χ0) is 13.4. The van der Waals surface area contributed by atoms with Gasteiger partial charge in [0.2, 0.25) is 0 Å². The highest BCUT2D eigenvalue weighted by Crippen LogP contribution is 2.21. The maximum absolute atomic E-state index is 8.94. The van der Waals surface area contributed by atoms with Crippen LogP contribution in [-0.2, 0) is 6.42 Å². The van der Waals surface area contributed by atoms with Crippen LogP contribution in [-0.4, -0.2) is 28.2 Å². The van der Waals surface area contributed by atoms with Crippen molar-refractivity contribution in [3.8, 4) is 0 Å². The van der Waals surface area contributed by atoms with Gasteiger partial charge in [-0.1, -0.05) is 31.9 Å². The molecule has 0 saturated heterocycles. The summed E-state index contributed by atoms with van der Waals surface area (Å²) in [4.78, 5) is 8.25. The Morgan fingerprint density at radius 2 is 2.22 bits per heavy atom. The van der Waals surface area contributed by atoms with Crippen LogP contribution in [0, 0.1) is 5.92 Å². The van der Waals surface area contributed by atoms with Crippen molar-refractivity contribution in [2.24, 2.45) is 5.92 Å². The van der Waals surface area contributed by atoms with Crippen molar-refractivity contribution in [1.29, 1.82) is 0 Å². The van der Waals surface area contributed by atoms with Gasteiger partial charge in [0.1, 0.15) is 17.3 Å². The highest BCUT2D eigenvalue weighted by atomic mass is 35.5. The molecule has 0 spiro atoms. The molecule has 102 valence electrons. The fourth-order valence-electron chi connectivity index (χ4n) is 1.76. The summed E-state index contributed by atoms with van der Waals surface area (Å²) in [5.74, 6) is 1.20. The lowest BCUT2D eigenvalue weighted by atomic mass is 10.1. The zero-order valence-electron chi connectivity index (χ0n) is 11.1. The van der Waals surface area contributed by atoms with Crippen LogP contribution in [0.2, 0.25) is 5.15 Å². The van der Waals surface area contributed by atoms with Gasteiger partial charge in [-0.15, -0.1) is 0 Å². The number of aliphatic hydroxyl groups excluding tert-OH is 1. The van der Waals surface area contributed by atoms with Crippen LogP contribution >= 0.6 is 11.6 Å². The molecule has 0 fully saturated rings. The molecule has 0 aliphatic rings. The molecule has 0 aliphatic heterocycles. The van der Waals surface area contributed by atoms with E-state index in [4.69, 9.17) is 16.7 Å². The first-order valence-electron chi connectivity index (χ1n) is 6.53. The summed E-state index contributed by atoms with van der Waals surface area (Å²) in [6.45, 7) is 5.24. The van der Waals surface area contributed by atoms with Crippen LogP contribution in [0.4, 0.5) is 5.82 Å². The average molecular weight is 272 g/mol. The Morgan fingerprint density at radius 3 is 2.89 bits per heavy atom. The van der Waals surface area contributed by atoms with Crippen molar-refractivity contribution >= 4 is 17.4 Å². The third-order valence-electron chi connectivity index (χ3n) is 2.87. The van der Waals surface area contributed by atoms with E-state index in [1.165, 1.54) is 6.33 Å². The number of nitrogens with zero attached hydrogens (tertiary/aromatic N) is 2. The summed E-state index contributed by atoms with van der Waals surface area (Å²) >= 11 is 6.07. The first kappa shape index (κ1) is 15.2. The van der Waals surface area contributed by atoms with Crippen molar-refractivity contribution in [3.63, 3.8) is 0 Å². The first-order chi connectivity index (χ1) is 8.69. The van der Waals surface area contributed by atoms with Crippen LogP contribution in [0.1, 0.15) is 38.7 Å². The predicted molar refractivity (Wildman–Crippen MR) is 75.0 cm³/mol. The molecule has 0 saturated carbocycles. The average Bonchev–Trinajstić information content (AvgIpc) is 2.38. The maximum atomic E-state index is 8.94. The fraction of sp³-hybridized carbons (Fsp3) is 0.692. The molecule has 1 atom stereocenters. The van der Waals surface area contributed by atoms with Gasteiger partial charge in [-0.2, -0.15) is 0 Å². The minimum Gasteiger partial charge on any atom is -0.396 e. The van der Waals surface area contributed by atoms with Gasteiger partial charge < -0.3 is 10.4 Å². The molecule has 0 amide bonds. The molecular formula is C13H22ClN3O. The molecule has 18 heavy (non-hydrogen) atoms. The molecule has 1 aromatic heterocycles. The normalized spacial score (nSPS) is 12.4. The lowest BCUT2D eigenvalue weighted by Crippen LogP contribution is -2.09. The van der Waals surface area contributed by atoms with Crippen LogP contribution in [0.15, 0.2) is 6.33 Å². The van der Waals surface area contributed by atoms with Gasteiger partial charge in [-0.05, 0) is 25.2 Å². The van der Waals surface area contributed by atoms with Crippen molar-refractivity contribution in [1.82, 2.24) is 9.97 Å². The lowest BCUT2D eigenvalue weighted by molar-refractivity contribution is 0.229. The number of aromatic nitrogens is 2. The lowest BCUT2D eigenvalue weighted by Gasteiger charge is -2.12. The molecule has 1 unspecified atom stereocenters. The van der Waals surface area contributed by atoms with Crippen LogP contribution in [0.3, 0.4) is 0 Å². The molecule has 2 N–H and O–H groups in total. The number of nitrogens with one attached hydrogen (secondary N) is 1. The predicted octanol–water partition coefficient (Wildman–Crippen LogP) is 2.90. The summed E-state index contributed by atoms with van der Waals surface area (Å²) in [6.07, 6.45) is 5.40. The summed E-state index contributed by atoms with van der Waals surface area (Å²) in [5, 5.41) is 12.8. The van der Waals surface area contributed by atoms with Crippen molar-refractivity contribution < 1.29 is 5.11 Å². The van der Waals surface area contributed by atoms with Crippen molar-refractivity contribution in [2.75, 3.05) is 18.5 Å². The van der Waals surface area contributed by atoms with Crippen LogP contribution < -0.4 is 5.32 Å². The monoisotopic (exact) mass is 271 g/mol. The summed E-state index contributed by atoms with van der Waals surface area (Å²) in [7, 11) is 0. The molecule has 5 heteroatoms. The van der Waals surface area contributed by atoms with Gasteiger partial charge in [0.25, 0.3) is 0 Å². The second-order valence-corrected chi connectivity index (χ2v) is 4.96. The highest BCUT2D eigenvalue weighted by molar-refractivity contribution is 6.30. The molecule has 1 aromatic rings. The van der Waals surface area contributed by atoms with Crippen molar-refractivity contribution in [3.05, 3.63) is 17.0 Å². The number of halogens is 1. The van der Waals surface area contributed by atoms with Crippen LogP contribution in [0.25, 0.3) is 0 Å². The Balaban J connectivity index is 2.48. The molecule has 0 radical (unpaired) electrons. The first-order valence-corrected chi connectivity index (χ1v) is 6.90. The summed E-state index contributed by atoms with van der Waals surface area (Å²) in [5.41, 5.74) is 0.997. The van der Waals surface area contributed by atoms with E-state index in [0.29, 0.717) is 11.1 Å². The number of rotatable bonds is 8. The molecule has 4 nitrogen and oxygen atoms in total. The smallest absolute Gasteiger partial charge is 0.137 e. The molecule has 1 rings (SSSR count). The van der Waals surface area contributed by atoms with E-state index in [2.05, 4.69) is 22.2 Å².